The number of hydrogen-bond acceptors (Lipinski definition) is 2. The van der Waals surface area contributed by atoms with Crippen molar-refractivity contribution in [3.05, 3.63) is 29.8 Å². The third-order valence-electron chi connectivity index (χ3n) is 3.67. The molecular formula is C15H20ClNO2. The highest BCUT2D eigenvalue weighted by molar-refractivity contribution is 6.18. The number of alkyl halides is 1. The van der Waals surface area contributed by atoms with Gasteiger partial charge < -0.3 is 9.64 Å². The van der Waals surface area contributed by atoms with Crippen LogP contribution in [-0.4, -0.2) is 36.4 Å². The van der Waals surface area contributed by atoms with Crippen LogP contribution in [0.25, 0.3) is 0 Å². The van der Waals surface area contributed by atoms with Crippen LogP contribution >= 0.6 is 11.6 Å². The van der Waals surface area contributed by atoms with E-state index in [1.54, 1.807) is 13.2 Å². The lowest BCUT2D eigenvalue weighted by Gasteiger charge is -2.28. The molecule has 1 aromatic carbocycles. The summed E-state index contributed by atoms with van der Waals surface area (Å²) in [5, 5.41) is 0. The first-order valence-corrected chi connectivity index (χ1v) is 7.30. The minimum atomic E-state index is 0.0615. The molecule has 1 aliphatic carbocycles. The number of ether oxygens (including phenoxy) is 1. The number of amides is 1. The summed E-state index contributed by atoms with van der Waals surface area (Å²) in [5.74, 6) is 1.25. The summed E-state index contributed by atoms with van der Waals surface area (Å²) in [4.78, 5) is 14.5. The average Bonchev–Trinajstić information content (AvgIpc) is 2.98. The van der Waals surface area contributed by atoms with E-state index in [-0.39, 0.29) is 5.91 Å². The summed E-state index contributed by atoms with van der Waals surface area (Å²) in [6.07, 6.45) is 4.59. The largest absolute Gasteiger partial charge is 0.497 e. The van der Waals surface area contributed by atoms with Crippen LogP contribution in [0.15, 0.2) is 24.3 Å². The number of rotatable bonds is 5. The SMILES string of the molecule is COc1cccc(C(=O)N(CCCl)C2CCCC2)c1. The van der Waals surface area contributed by atoms with Crippen molar-refractivity contribution >= 4 is 17.5 Å². The molecule has 0 N–H and O–H groups in total. The summed E-state index contributed by atoms with van der Waals surface area (Å²) < 4.78 is 5.17. The van der Waals surface area contributed by atoms with Gasteiger partial charge in [-0.3, -0.25) is 4.79 Å². The second-order valence-electron chi connectivity index (χ2n) is 4.86. The second-order valence-corrected chi connectivity index (χ2v) is 5.24. The van der Waals surface area contributed by atoms with Crippen LogP contribution in [0.2, 0.25) is 0 Å². The van der Waals surface area contributed by atoms with E-state index in [0.29, 0.717) is 29.8 Å². The van der Waals surface area contributed by atoms with Crippen molar-refractivity contribution < 1.29 is 9.53 Å². The van der Waals surface area contributed by atoms with Crippen LogP contribution in [0.1, 0.15) is 36.0 Å². The molecule has 0 bridgehead atoms. The molecule has 0 radical (unpaired) electrons. The van der Waals surface area contributed by atoms with E-state index in [1.807, 2.05) is 23.1 Å². The van der Waals surface area contributed by atoms with Gasteiger partial charge in [-0.25, -0.2) is 0 Å². The monoisotopic (exact) mass is 281 g/mol. The minimum Gasteiger partial charge on any atom is -0.497 e. The van der Waals surface area contributed by atoms with Crippen LogP contribution in [0.4, 0.5) is 0 Å². The molecule has 3 nitrogen and oxygen atoms in total. The molecule has 19 heavy (non-hydrogen) atoms. The van der Waals surface area contributed by atoms with Crippen molar-refractivity contribution in [1.82, 2.24) is 4.90 Å². The lowest BCUT2D eigenvalue weighted by molar-refractivity contribution is 0.0694. The Kier molecular flexibility index (Phi) is 5.08. The lowest BCUT2D eigenvalue weighted by Crippen LogP contribution is -2.40. The lowest BCUT2D eigenvalue weighted by atomic mass is 10.1. The third kappa shape index (κ3) is 3.41. The van der Waals surface area contributed by atoms with E-state index in [9.17, 15) is 4.79 Å². The van der Waals surface area contributed by atoms with E-state index in [2.05, 4.69) is 0 Å². The standard InChI is InChI=1S/C15H20ClNO2/c1-19-14-8-4-5-12(11-14)15(18)17(10-9-16)13-6-2-3-7-13/h4-5,8,11,13H,2-3,6-7,9-10H2,1H3. The summed E-state index contributed by atoms with van der Waals surface area (Å²) in [7, 11) is 1.61. The molecule has 1 aromatic rings. The number of nitrogens with zero attached hydrogens (tertiary/aromatic N) is 1. The molecule has 0 heterocycles. The van der Waals surface area contributed by atoms with Crippen LogP contribution in [0.5, 0.6) is 5.75 Å². The molecular weight excluding hydrogens is 262 g/mol. The normalized spacial score (nSPS) is 15.5. The molecule has 1 saturated carbocycles. The Hall–Kier alpha value is -1.22. The second kappa shape index (κ2) is 6.80. The van der Waals surface area contributed by atoms with E-state index < -0.39 is 0 Å². The van der Waals surface area contributed by atoms with Crippen molar-refractivity contribution in [3.8, 4) is 5.75 Å². The Labute approximate surface area is 119 Å². The number of carbonyl (C=O) groups excluding carboxylic acids is 1. The predicted octanol–water partition coefficient (Wildman–Crippen LogP) is 3.32. The van der Waals surface area contributed by atoms with Gasteiger partial charge in [0.25, 0.3) is 5.91 Å². The first kappa shape index (κ1) is 14.2. The van der Waals surface area contributed by atoms with Gasteiger partial charge in [0.15, 0.2) is 0 Å². The number of benzene rings is 1. The van der Waals surface area contributed by atoms with Gasteiger partial charge in [-0.2, -0.15) is 0 Å². The van der Waals surface area contributed by atoms with Crippen LogP contribution in [0.3, 0.4) is 0 Å². The zero-order valence-corrected chi connectivity index (χ0v) is 12.0. The van der Waals surface area contributed by atoms with Crippen molar-refractivity contribution in [3.63, 3.8) is 0 Å². The number of halogens is 1. The number of carbonyl (C=O) groups is 1. The molecule has 0 aromatic heterocycles. The highest BCUT2D eigenvalue weighted by Gasteiger charge is 2.27. The van der Waals surface area contributed by atoms with Crippen molar-refractivity contribution in [2.45, 2.75) is 31.7 Å². The fraction of sp³-hybridized carbons (Fsp3) is 0.533. The summed E-state index contributed by atoms with van der Waals surface area (Å²) in [6, 6.07) is 7.66. The molecule has 1 fully saturated rings. The quantitative estimate of drug-likeness (QED) is 0.775. The minimum absolute atomic E-state index is 0.0615. The Morgan fingerprint density at radius 2 is 2.16 bits per heavy atom. The highest BCUT2D eigenvalue weighted by Crippen LogP contribution is 2.25. The fourth-order valence-electron chi connectivity index (χ4n) is 2.68. The van der Waals surface area contributed by atoms with Gasteiger partial charge in [0.1, 0.15) is 5.75 Å². The molecule has 0 spiro atoms. The Balaban J connectivity index is 2.17. The molecule has 0 aliphatic heterocycles. The van der Waals surface area contributed by atoms with Gasteiger partial charge >= 0.3 is 0 Å². The molecule has 0 atom stereocenters. The zero-order chi connectivity index (χ0) is 13.7. The maximum absolute atomic E-state index is 12.6. The molecule has 1 amide bonds. The van der Waals surface area contributed by atoms with Gasteiger partial charge in [0.05, 0.1) is 7.11 Å². The summed E-state index contributed by atoms with van der Waals surface area (Å²) >= 11 is 5.85. The van der Waals surface area contributed by atoms with Crippen LogP contribution in [0, 0.1) is 0 Å². The van der Waals surface area contributed by atoms with E-state index in [0.717, 1.165) is 12.8 Å². The first-order chi connectivity index (χ1) is 9.26. The van der Waals surface area contributed by atoms with Gasteiger partial charge in [-0.05, 0) is 31.0 Å². The van der Waals surface area contributed by atoms with E-state index >= 15 is 0 Å². The molecule has 0 unspecified atom stereocenters. The maximum atomic E-state index is 12.6. The van der Waals surface area contributed by atoms with Crippen molar-refractivity contribution in [1.29, 1.82) is 0 Å². The summed E-state index contributed by atoms with van der Waals surface area (Å²) in [5.41, 5.74) is 0.677. The topological polar surface area (TPSA) is 29.5 Å². The maximum Gasteiger partial charge on any atom is 0.254 e. The fourth-order valence-corrected chi connectivity index (χ4v) is 2.86. The zero-order valence-electron chi connectivity index (χ0n) is 11.3. The van der Waals surface area contributed by atoms with E-state index in [4.69, 9.17) is 16.3 Å². The number of hydrogen-bond donors (Lipinski definition) is 0. The van der Waals surface area contributed by atoms with Crippen molar-refractivity contribution in [2.75, 3.05) is 19.5 Å². The first-order valence-electron chi connectivity index (χ1n) is 6.77. The Morgan fingerprint density at radius 1 is 1.42 bits per heavy atom. The van der Waals surface area contributed by atoms with Gasteiger partial charge in [0, 0.05) is 24.0 Å². The van der Waals surface area contributed by atoms with E-state index in [1.165, 1.54) is 12.8 Å². The molecule has 4 heteroatoms. The number of methoxy groups -OCH3 is 1. The molecule has 104 valence electrons. The van der Waals surface area contributed by atoms with Gasteiger partial charge in [-0.1, -0.05) is 18.9 Å². The third-order valence-corrected chi connectivity index (χ3v) is 3.84. The summed E-state index contributed by atoms with van der Waals surface area (Å²) in [6.45, 7) is 0.613. The molecule has 2 rings (SSSR count). The van der Waals surface area contributed by atoms with Gasteiger partial charge in [-0.15, -0.1) is 11.6 Å². The van der Waals surface area contributed by atoms with Gasteiger partial charge in [0.2, 0.25) is 0 Å². The van der Waals surface area contributed by atoms with Crippen LogP contribution < -0.4 is 4.74 Å². The van der Waals surface area contributed by atoms with Crippen LogP contribution in [-0.2, 0) is 0 Å². The molecule has 0 saturated heterocycles. The molecule has 1 aliphatic rings. The average molecular weight is 282 g/mol. The Bertz CT molecular complexity index is 430. The predicted molar refractivity (Wildman–Crippen MR) is 77.0 cm³/mol. The highest BCUT2D eigenvalue weighted by atomic mass is 35.5. The smallest absolute Gasteiger partial charge is 0.254 e. The Morgan fingerprint density at radius 3 is 2.79 bits per heavy atom. The van der Waals surface area contributed by atoms with Crippen molar-refractivity contribution in [2.24, 2.45) is 0 Å².